The average molecular weight is 262 g/mol. The van der Waals surface area contributed by atoms with Crippen molar-refractivity contribution in [2.75, 3.05) is 19.0 Å². The molecule has 0 aliphatic heterocycles. The number of hydrogen-bond donors (Lipinski definition) is 2. The van der Waals surface area contributed by atoms with E-state index in [1.165, 1.54) is 0 Å². The molecule has 0 bridgehead atoms. The monoisotopic (exact) mass is 262 g/mol. The van der Waals surface area contributed by atoms with E-state index in [1.807, 2.05) is 25.1 Å². The minimum Gasteiger partial charge on any atom is -0.495 e. The van der Waals surface area contributed by atoms with Gasteiger partial charge in [0.25, 0.3) is 0 Å². The van der Waals surface area contributed by atoms with E-state index in [1.54, 1.807) is 7.11 Å². The summed E-state index contributed by atoms with van der Waals surface area (Å²) in [5.74, 6) is 1.11. The zero-order chi connectivity index (χ0) is 13.8. The molecule has 3 N–H and O–H groups in total. The van der Waals surface area contributed by atoms with Gasteiger partial charge in [0.1, 0.15) is 5.75 Å². The fourth-order valence-electron chi connectivity index (χ4n) is 2.81. The van der Waals surface area contributed by atoms with E-state index in [0.29, 0.717) is 18.2 Å². The van der Waals surface area contributed by atoms with Gasteiger partial charge in [-0.05, 0) is 49.9 Å². The first-order valence-corrected chi connectivity index (χ1v) is 6.81. The summed E-state index contributed by atoms with van der Waals surface area (Å²) in [5.41, 5.74) is 7.57. The van der Waals surface area contributed by atoms with Crippen LogP contribution >= 0.6 is 0 Å². The second kappa shape index (κ2) is 6.06. The van der Waals surface area contributed by atoms with Crippen molar-refractivity contribution in [3.05, 3.63) is 23.8 Å². The highest BCUT2D eigenvalue weighted by molar-refractivity contribution is 5.94. The molecule has 2 rings (SSSR count). The Morgan fingerprint density at radius 2 is 2.26 bits per heavy atom. The third-order valence-corrected chi connectivity index (χ3v) is 3.91. The molecule has 4 nitrogen and oxygen atoms in total. The van der Waals surface area contributed by atoms with E-state index in [2.05, 4.69) is 5.32 Å². The average Bonchev–Trinajstić information content (AvgIpc) is 2.87. The van der Waals surface area contributed by atoms with E-state index in [0.717, 1.165) is 30.5 Å². The van der Waals surface area contributed by atoms with Crippen molar-refractivity contribution in [3.63, 3.8) is 0 Å². The lowest BCUT2D eigenvalue weighted by Crippen LogP contribution is -2.29. The molecular formula is C15H22N2O2. The third-order valence-electron chi connectivity index (χ3n) is 3.91. The van der Waals surface area contributed by atoms with E-state index < -0.39 is 0 Å². The molecular weight excluding hydrogens is 240 g/mol. The maximum Gasteiger partial charge on any atom is 0.227 e. The van der Waals surface area contributed by atoms with E-state index in [9.17, 15) is 4.79 Å². The molecule has 0 radical (unpaired) electrons. The van der Waals surface area contributed by atoms with Gasteiger partial charge in [0, 0.05) is 5.92 Å². The van der Waals surface area contributed by atoms with Crippen molar-refractivity contribution in [3.8, 4) is 5.75 Å². The highest BCUT2D eigenvalue weighted by atomic mass is 16.5. The number of nitrogens with two attached hydrogens (primary N) is 1. The number of rotatable bonds is 4. The Labute approximate surface area is 114 Å². The van der Waals surface area contributed by atoms with E-state index in [4.69, 9.17) is 10.5 Å². The van der Waals surface area contributed by atoms with Gasteiger partial charge in [0.05, 0.1) is 12.8 Å². The Morgan fingerprint density at radius 3 is 2.95 bits per heavy atom. The van der Waals surface area contributed by atoms with Gasteiger partial charge < -0.3 is 15.8 Å². The van der Waals surface area contributed by atoms with Gasteiger partial charge in [-0.25, -0.2) is 0 Å². The first kappa shape index (κ1) is 13.9. The molecule has 1 saturated carbocycles. The number of nitrogens with one attached hydrogen (secondary N) is 1. The van der Waals surface area contributed by atoms with Gasteiger partial charge in [0.2, 0.25) is 5.91 Å². The Balaban J connectivity index is 2.12. The zero-order valence-corrected chi connectivity index (χ0v) is 11.6. The van der Waals surface area contributed by atoms with Crippen molar-refractivity contribution in [1.82, 2.24) is 0 Å². The first-order valence-electron chi connectivity index (χ1n) is 6.81. The van der Waals surface area contributed by atoms with Crippen LogP contribution in [0.5, 0.6) is 5.75 Å². The summed E-state index contributed by atoms with van der Waals surface area (Å²) in [6.07, 6.45) is 3.08. The summed E-state index contributed by atoms with van der Waals surface area (Å²) in [5, 5.41) is 2.99. The predicted molar refractivity (Wildman–Crippen MR) is 76.2 cm³/mol. The number of hydrogen-bond acceptors (Lipinski definition) is 3. The highest BCUT2D eigenvalue weighted by Crippen LogP contribution is 2.33. The van der Waals surface area contributed by atoms with Crippen molar-refractivity contribution in [2.24, 2.45) is 17.6 Å². The number of methoxy groups -OCH3 is 1. The van der Waals surface area contributed by atoms with Crippen molar-refractivity contribution in [2.45, 2.75) is 26.2 Å². The second-order valence-electron chi connectivity index (χ2n) is 5.23. The number of anilines is 1. The van der Waals surface area contributed by atoms with Gasteiger partial charge in [-0.1, -0.05) is 12.5 Å². The van der Waals surface area contributed by atoms with Crippen LogP contribution < -0.4 is 15.8 Å². The Bertz CT molecular complexity index is 459. The van der Waals surface area contributed by atoms with Crippen LogP contribution in [0.25, 0.3) is 0 Å². The summed E-state index contributed by atoms with van der Waals surface area (Å²) in [6, 6.07) is 5.77. The lowest BCUT2D eigenvalue weighted by Gasteiger charge is -2.18. The highest BCUT2D eigenvalue weighted by Gasteiger charge is 2.32. The Kier molecular flexibility index (Phi) is 4.43. The minimum absolute atomic E-state index is 0.0372. The van der Waals surface area contributed by atoms with Crippen LogP contribution in [0.15, 0.2) is 18.2 Å². The molecule has 1 aromatic carbocycles. The Morgan fingerprint density at radius 1 is 1.47 bits per heavy atom. The van der Waals surface area contributed by atoms with Crippen LogP contribution in [-0.2, 0) is 4.79 Å². The number of amides is 1. The zero-order valence-electron chi connectivity index (χ0n) is 11.6. The summed E-state index contributed by atoms with van der Waals surface area (Å²) < 4.78 is 5.28. The summed E-state index contributed by atoms with van der Waals surface area (Å²) in [4.78, 5) is 12.3. The normalized spacial score (nSPS) is 22.3. The number of carbonyl (C=O) groups is 1. The Hall–Kier alpha value is -1.55. The molecule has 0 heterocycles. The van der Waals surface area contributed by atoms with Gasteiger partial charge >= 0.3 is 0 Å². The molecule has 1 aliphatic rings. The van der Waals surface area contributed by atoms with Crippen LogP contribution in [-0.4, -0.2) is 19.6 Å². The lowest BCUT2D eigenvalue weighted by atomic mass is 9.95. The molecule has 19 heavy (non-hydrogen) atoms. The number of ether oxygens (including phenoxy) is 1. The molecule has 4 heteroatoms. The summed E-state index contributed by atoms with van der Waals surface area (Å²) in [7, 11) is 1.61. The van der Waals surface area contributed by atoms with E-state index >= 15 is 0 Å². The molecule has 0 spiro atoms. The third kappa shape index (κ3) is 3.07. The maximum absolute atomic E-state index is 12.3. The fraction of sp³-hybridized carbons (Fsp3) is 0.533. The van der Waals surface area contributed by atoms with Gasteiger partial charge in [-0.3, -0.25) is 4.79 Å². The van der Waals surface area contributed by atoms with Crippen molar-refractivity contribution < 1.29 is 9.53 Å². The standard InChI is InChI=1S/C15H22N2O2/c1-10-6-7-14(19-2)13(8-10)17-15(18)12-5-3-4-11(12)9-16/h6-8,11-12H,3-5,9,16H2,1-2H3,(H,17,18)/t11-,12-/m1/s1. The molecule has 0 aromatic heterocycles. The van der Waals surface area contributed by atoms with Crippen molar-refractivity contribution in [1.29, 1.82) is 0 Å². The molecule has 104 valence electrons. The van der Waals surface area contributed by atoms with Gasteiger partial charge in [-0.15, -0.1) is 0 Å². The van der Waals surface area contributed by atoms with Crippen LogP contribution in [0.1, 0.15) is 24.8 Å². The molecule has 1 aromatic rings. The molecule has 1 fully saturated rings. The smallest absolute Gasteiger partial charge is 0.227 e. The number of aryl methyl sites for hydroxylation is 1. The maximum atomic E-state index is 12.3. The van der Waals surface area contributed by atoms with Crippen LogP contribution in [0, 0.1) is 18.8 Å². The summed E-state index contributed by atoms with van der Waals surface area (Å²) in [6.45, 7) is 2.58. The largest absolute Gasteiger partial charge is 0.495 e. The first-order chi connectivity index (χ1) is 9.15. The molecule has 1 aliphatic carbocycles. The topological polar surface area (TPSA) is 64.3 Å². The lowest BCUT2D eigenvalue weighted by molar-refractivity contribution is -0.120. The number of benzene rings is 1. The number of carbonyl (C=O) groups excluding carboxylic acids is 1. The van der Waals surface area contributed by atoms with Gasteiger partial charge in [0.15, 0.2) is 0 Å². The summed E-state index contributed by atoms with van der Waals surface area (Å²) >= 11 is 0. The van der Waals surface area contributed by atoms with Crippen LogP contribution in [0.3, 0.4) is 0 Å². The van der Waals surface area contributed by atoms with Crippen LogP contribution in [0.4, 0.5) is 5.69 Å². The second-order valence-corrected chi connectivity index (χ2v) is 5.23. The molecule has 0 saturated heterocycles. The van der Waals surface area contributed by atoms with Crippen LogP contribution in [0.2, 0.25) is 0 Å². The molecule has 1 amide bonds. The SMILES string of the molecule is COc1ccc(C)cc1NC(=O)[C@@H]1CCC[C@@H]1CN. The molecule has 0 unspecified atom stereocenters. The quantitative estimate of drug-likeness (QED) is 0.875. The van der Waals surface area contributed by atoms with E-state index in [-0.39, 0.29) is 11.8 Å². The van der Waals surface area contributed by atoms with Crippen molar-refractivity contribution >= 4 is 11.6 Å². The minimum atomic E-state index is 0.0372. The van der Waals surface area contributed by atoms with Gasteiger partial charge in [-0.2, -0.15) is 0 Å². The molecule has 2 atom stereocenters. The fourth-order valence-corrected chi connectivity index (χ4v) is 2.81. The predicted octanol–water partition coefficient (Wildman–Crippen LogP) is 2.32.